The van der Waals surface area contributed by atoms with Crippen LogP contribution >= 0.6 is 11.6 Å². The van der Waals surface area contributed by atoms with Gasteiger partial charge in [-0.1, -0.05) is 35.9 Å². The number of hydrogen-bond acceptors (Lipinski definition) is 6. The molecular weight excluding hydrogens is 398 g/mol. The first-order valence-electron chi connectivity index (χ1n) is 8.60. The summed E-state index contributed by atoms with van der Waals surface area (Å²) < 4.78 is 8.29. The molecule has 0 aliphatic rings. The molecule has 2 aromatic carbocycles. The first kappa shape index (κ1) is 18.6. The summed E-state index contributed by atoms with van der Waals surface area (Å²) >= 11 is 6.05. The van der Waals surface area contributed by atoms with E-state index in [0.29, 0.717) is 10.8 Å². The summed E-state index contributed by atoms with van der Waals surface area (Å²) in [5.41, 5.74) is 0.0333. The summed E-state index contributed by atoms with van der Waals surface area (Å²) in [7, 11) is 0. The molecule has 0 radical (unpaired) electrons. The summed E-state index contributed by atoms with van der Waals surface area (Å²) in [6.45, 7) is 0.471. The number of ether oxygens (including phenoxy) is 1. The Morgan fingerprint density at radius 3 is 2.69 bits per heavy atom. The molecule has 0 amide bonds. The second kappa shape index (κ2) is 7.72. The lowest BCUT2D eigenvalue weighted by Gasteiger charge is -2.09. The highest BCUT2D eigenvalue weighted by molar-refractivity contribution is 6.32. The van der Waals surface area contributed by atoms with E-state index in [1.54, 1.807) is 42.5 Å². The molecule has 0 aliphatic carbocycles. The van der Waals surface area contributed by atoms with Crippen molar-refractivity contribution >= 4 is 28.3 Å². The van der Waals surface area contributed by atoms with Crippen molar-refractivity contribution in [1.82, 2.24) is 19.3 Å². The number of nitro groups is 1. The summed E-state index contributed by atoms with van der Waals surface area (Å²) in [6.07, 6.45) is 2.72. The van der Waals surface area contributed by atoms with E-state index in [-0.39, 0.29) is 41.1 Å². The van der Waals surface area contributed by atoms with E-state index < -0.39 is 4.92 Å². The third kappa shape index (κ3) is 3.55. The molecule has 0 atom stereocenters. The molecule has 0 bridgehead atoms. The molecule has 0 saturated heterocycles. The zero-order valence-electron chi connectivity index (χ0n) is 14.9. The van der Waals surface area contributed by atoms with Gasteiger partial charge in [0.2, 0.25) is 0 Å². The van der Waals surface area contributed by atoms with Gasteiger partial charge >= 0.3 is 0 Å². The highest BCUT2D eigenvalue weighted by atomic mass is 35.5. The van der Waals surface area contributed by atoms with Crippen LogP contribution in [0, 0.1) is 10.1 Å². The Balaban J connectivity index is 1.62. The smallest absolute Gasteiger partial charge is 0.294 e. The largest absolute Gasteiger partial charge is 0.490 e. The van der Waals surface area contributed by atoms with Gasteiger partial charge in [0.1, 0.15) is 29.8 Å². The van der Waals surface area contributed by atoms with Crippen LogP contribution in [0.4, 0.5) is 5.69 Å². The van der Waals surface area contributed by atoms with E-state index in [2.05, 4.69) is 10.1 Å². The first-order valence-corrected chi connectivity index (χ1v) is 8.98. The summed E-state index contributed by atoms with van der Waals surface area (Å²) in [5, 5.41) is 16.2. The van der Waals surface area contributed by atoms with Gasteiger partial charge in [0, 0.05) is 6.07 Å². The molecule has 9 nitrogen and oxygen atoms in total. The molecule has 0 saturated carbocycles. The second-order valence-electron chi connectivity index (χ2n) is 6.06. The summed E-state index contributed by atoms with van der Waals surface area (Å²) in [5.74, 6) is 0.528. The fourth-order valence-corrected chi connectivity index (χ4v) is 3.09. The lowest BCUT2D eigenvalue weighted by atomic mass is 10.2. The standard InChI is InChI=1S/C19H14ClN5O4/c20-14-5-1-4-8-17(14)29-10-9-23-12-21-18-13(19(23)26)11-22-24(18)15-6-2-3-7-16(15)25(27)28/h1-8,11-12H,9-10H2. The van der Waals surface area contributed by atoms with Crippen molar-refractivity contribution in [3.05, 3.63) is 86.5 Å². The lowest BCUT2D eigenvalue weighted by molar-refractivity contribution is -0.384. The number of para-hydroxylation sites is 3. The van der Waals surface area contributed by atoms with Crippen LogP contribution in [0.1, 0.15) is 0 Å². The van der Waals surface area contributed by atoms with Crippen LogP contribution in [0.2, 0.25) is 5.02 Å². The molecular formula is C19H14ClN5O4. The zero-order chi connectivity index (χ0) is 20.4. The van der Waals surface area contributed by atoms with E-state index >= 15 is 0 Å². The average Bonchev–Trinajstić information content (AvgIpc) is 3.16. The minimum absolute atomic E-state index is 0.128. The number of fused-ring (bicyclic) bond motifs is 1. The van der Waals surface area contributed by atoms with Crippen LogP contribution in [-0.2, 0) is 6.54 Å². The quantitative estimate of drug-likeness (QED) is 0.356. The zero-order valence-corrected chi connectivity index (χ0v) is 15.7. The van der Waals surface area contributed by atoms with Crippen molar-refractivity contribution < 1.29 is 9.66 Å². The lowest BCUT2D eigenvalue weighted by Crippen LogP contribution is -2.23. The Morgan fingerprint density at radius 2 is 1.90 bits per heavy atom. The van der Waals surface area contributed by atoms with E-state index in [1.165, 1.54) is 27.8 Å². The number of nitro benzene ring substituents is 1. The Labute approximate surface area is 168 Å². The molecule has 4 rings (SSSR count). The molecule has 0 fully saturated rings. The number of aromatic nitrogens is 4. The van der Waals surface area contributed by atoms with Gasteiger partial charge < -0.3 is 4.74 Å². The third-order valence-corrected chi connectivity index (χ3v) is 4.60. The van der Waals surface area contributed by atoms with Gasteiger partial charge in [-0.25, -0.2) is 9.67 Å². The van der Waals surface area contributed by atoms with Crippen molar-refractivity contribution in [2.24, 2.45) is 0 Å². The molecule has 2 aromatic heterocycles. The SMILES string of the molecule is O=c1c2cnn(-c3ccccc3[N+](=O)[O-])c2ncn1CCOc1ccccc1Cl. The van der Waals surface area contributed by atoms with Crippen LogP contribution < -0.4 is 10.3 Å². The number of hydrogen-bond donors (Lipinski definition) is 0. The van der Waals surface area contributed by atoms with Gasteiger partial charge in [0.25, 0.3) is 11.2 Å². The van der Waals surface area contributed by atoms with Gasteiger partial charge in [-0.3, -0.25) is 19.5 Å². The fraction of sp³-hybridized carbons (Fsp3) is 0.105. The summed E-state index contributed by atoms with van der Waals surface area (Å²) in [4.78, 5) is 27.8. The van der Waals surface area contributed by atoms with Crippen molar-refractivity contribution in [1.29, 1.82) is 0 Å². The normalized spacial score (nSPS) is 10.9. The first-order chi connectivity index (χ1) is 14.1. The van der Waals surface area contributed by atoms with Gasteiger partial charge in [-0.15, -0.1) is 0 Å². The molecule has 0 spiro atoms. The van der Waals surface area contributed by atoms with E-state index in [1.807, 2.05) is 0 Å². The Kier molecular flexibility index (Phi) is 4.96. The van der Waals surface area contributed by atoms with Crippen molar-refractivity contribution in [3.8, 4) is 11.4 Å². The second-order valence-corrected chi connectivity index (χ2v) is 6.47. The monoisotopic (exact) mass is 411 g/mol. The topological polar surface area (TPSA) is 105 Å². The molecule has 2 heterocycles. The van der Waals surface area contributed by atoms with Crippen LogP contribution in [0.3, 0.4) is 0 Å². The third-order valence-electron chi connectivity index (χ3n) is 4.29. The Hall–Kier alpha value is -3.72. The molecule has 0 N–H and O–H groups in total. The summed E-state index contributed by atoms with van der Waals surface area (Å²) in [6, 6.07) is 13.2. The average molecular weight is 412 g/mol. The predicted octanol–water partition coefficient (Wildman–Crippen LogP) is 3.22. The maximum atomic E-state index is 12.8. The van der Waals surface area contributed by atoms with E-state index in [9.17, 15) is 14.9 Å². The number of benzene rings is 2. The number of rotatable bonds is 6. The molecule has 4 aromatic rings. The molecule has 29 heavy (non-hydrogen) atoms. The van der Waals surface area contributed by atoms with Gasteiger partial charge in [-0.05, 0) is 18.2 Å². The molecule has 0 unspecified atom stereocenters. The van der Waals surface area contributed by atoms with Crippen LogP contribution in [0.5, 0.6) is 5.75 Å². The maximum absolute atomic E-state index is 12.8. The van der Waals surface area contributed by atoms with Gasteiger partial charge in [0.15, 0.2) is 5.65 Å². The van der Waals surface area contributed by atoms with Crippen LogP contribution in [0.15, 0.2) is 65.8 Å². The molecule has 146 valence electrons. The highest BCUT2D eigenvalue weighted by Gasteiger charge is 2.19. The maximum Gasteiger partial charge on any atom is 0.294 e. The van der Waals surface area contributed by atoms with Crippen molar-refractivity contribution in [2.75, 3.05) is 6.61 Å². The minimum atomic E-state index is -0.504. The van der Waals surface area contributed by atoms with Gasteiger partial charge in [-0.2, -0.15) is 5.10 Å². The van der Waals surface area contributed by atoms with Crippen LogP contribution in [0.25, 0.3) is 16.7 Å². The predicted molar refractivity (Wildman–Crippen MR) is 107 cm³/mol. The highest BCUT2D eigenvalue weighted by Crippen LogP contribution is 2.24. The van der Waals surface area contributed by atoms with E-state index in [4.69, 9.17) is 16.3 Å². The molecule has 10 heteroatoms. The Morgan fingerprint density at radius 1 is 1.14 bits per heavy atom. The van der Waals surface area contributed by atoms with E-state index in [0.717, 1.165) is 0 Å². The van der Waals surface area contributed by atoms with Crippen molar-refractivity contribution in [3.63, 3.8) is 0 Å². The Bertz CT molecular complexity index is 1270. The fourth-order valence-electron chi connectivity index (χ4n) is 2.90. The minimum Gasteiger partial charge on any atom is -0.490 e. The number of halogens is 1. The van der Waals surface area contributed by atoms with Crippen LogP contribution in [-0.4, -0.2) is 30.9 Å². The molecule has 0 aliphatic heterocycles. The van der Waals surface area contributed by atoms with Crippen molar-refractivity contribution in [2.45, 2.75) is 6.54 Å². The number of nitrogens with zero attached hydrogens (tertiary/aromatic N) is 5. The van der Waals surface area contributed by atoms with Gasteiger partial charge in [0.05, 0.1) is 22.7 Å².